The Kier molecular flexibility index (Phi) is 2.59. The smallest absolute Gasteiger partial charge is 0.373 e. The SMILES string of the molecule is O=C(O)c1oc(-c2ccc([N+](=O)[O-])s2)nc1C1CC1. The Bertz CT molecular complexity index is 670. The van der Waals surface area contributed by atoms with Crippen LogP contribution < -0.4 is 0 Å². The van der Waals surface area contributed by atoms with Crippen molar-refractivity contribution in [2.45, 2.75) is 18.8 Å². The first-order valence-electron chi connectivity index (χ1n) is 5.55. The van der Waals surface area contributed by atoms with E-state index in [4.69, 9.17) is 9.52 Å². The average molecular weight is 280 g/mol. The van der Waals surface area contributed by atoms with Crippen molar-refractivity contribution in [1.29, 1.82) is 0 Å². The lowest BCUT2D eigenvalue weighted by atomic mass is 10.2. The van der Waals surface area contributed by atoms with Crippen LogP contribution in [0.2, 0.25) is 0 Å². The molecule has 0 saturated heterocycles. The number of hydrogen-bond donors (Lipinski definition) is 1. The summed E-state index contributed by atoms with van der Waals surface area (Å²) in [5.41, 5.74) is 0.443. The molecule has 1 aliphatic carbocycles. The van der Waals surface area contributed by atoms with Crippen molar-refractivity contribution in [2.24, 2.45) is 0 Å². The van der Waals surface area contributed by atoms with E-state index in [0.717, 1.165) is 24.2 Å². The first-order valence-corrected chi connectivity index (χ1v) is 6.36. The molecule has 2 heterocycles. The van der Waals surface area contributed by atoms with Crippen LogP contribution in [0.3, 0.4) is 0 Å². The van der Waals surface area contributed by atoms with Crippen LogP contribution >= 0.6 is 11.3 Å². The third kappa shape index (κ3) is 2.10. The molecule has 1 aliphatic rings. The molecule has 2 aromatic heterocycles. The zero-order chi connectivity index (χ0) is 13.6. The fourth-order valence-electron chi connectivity index (χ4n) is 1.76. The molecule has 7 nitrogen and oxygen atoms in total. The summed E-state index contributed by atoms with van der Waals surface area (Å²) in [6.45, 7) is 0. The molecule has 3 rings (SSSR count). The number of rotatable bonds is 4. The lowest BCUT2D eigenvalue weighted by Crippen LogP contribution is -1.98. The molecule has 0 atom stereocenters. The molecule has 98 valence electrons. The molecule has 0 aliphatic heterocycles. The molecule has 1 fully saturated rings. The molecule has 1 N–H and O–H groups in total. The largest absolute Gasteiger partial charge is 0.475 e. The summed E-state index contributed by atoms with van der Waals surface area (Å²) in [6, 6.07) is 2.86. The van der Waals surface area contributed by atoms with Crippen molar-refractivity contribution in [2.75, 3.05) is 0 Å². The molecular weight excluding hydrogens is 272 g/mol. The molecular formula is C11H8N2O5S. The number of carboxylic acids is 1. The van der Waals surface area contributed by atoms with Gasteiger partial charge in [-0.3, -0.25) is 10.1 Å². The molecule has 8 heteroatoms. The Morgan fingerprint density at radius 2 is 2.26 bits per heavy atom. The van der Waals surface area contributed by atoms with Gasteiger partial charge < -0.3 is 9.52 Å². The lowest BCUT2D eigenvalue weighted by Gasteiger charge is -1.89. The minimum absolute atomic E-state index is 0.0296. The number of nitrogens with zero attached hydrogens (tertiary/aromatic N) is 2. The zero-order valence-electron chi connectivity index (χ0n) is 9.53. The van der Waals surface area contributed by atoms with E-state index in [0.29, 0.717) is 10.6 Å². The highest BCUT2D eigenvalue weighted by atomic mass is 32.1. The summed E-state index contributed by atoms with van der Waals surface area (Å²) in [7, 11) is 0. The van der Waals surface area contributed by atoms with E-state index in [1.807, 2.05) is 0 Å². The van der Waals surface area contributed by atoms with Crippen LogP contribution in [0.1, 0.15) is 35.0 Å². The minimum atomic E-state index is -1.16. The molecule has 0 radical (unpaired) electrons. The first kappa shape index (κ1) is 11.8. The molecule has 2 aromatic rings. The second kappa shape index (κ2) is 4.16. The molecule has 1 saturated carbocycles. The van der Waals surface area contributed by atoms with Gasteiger partial charge in [0.15, 0.2) is 0 Å². The maximum absolute atomic E-state index is 11.1. The Morgan fingerprint density at radius 3 is 2.79 bits per heavy atom. The van der Waals surface area contributed by atoms with Gasteiger partial charge in [-0.25, -0.2) is 9.78 Å². The monoisotopic (exact) mass is 280 g/mol. The van der Waals surface area contributed by atoms with Gasteiger partial charge in [-0.2, -0.15) is 0 Å². The van der Waals surface area contributed by atoms with E-state index in [9.17, 15) is 14.9 Å². The summed E-state index contributed by atoms with van der Waals surface area (Å²) in [6.07, 6.45) is 1.80. The standard InChI is InChI=1S/C11H8N2O5S/c14-11(15)9-8(5-1-2-5)12-10(18-9)6-3-4-7(19-6)13(16)17/h3-5H,1-2H2,(H,14,15). The number of oxazole rings is 1. The highest BCUT2D eigenvalue weighted by Gasteiger charge is 2.34. The minimum Gasteiger partial charge on any atom is -0.475 e. The normalized spacial score (nSPS) is 14.5. The van der Waals surface area contributed by atoms with Gasteiger partial charge in [0, 0.05) is 12.0 Å². The van der Waals surface area contributed by atoms with Crippen molar-refractivity contribution in [3.63, 3.8) is 0 Å². The summed E-state index contributed by atoms with van der Waals surface area (Å²) >= 11 is 0.912. The maximum atomic E-state index is 11.1. The lowest BCUT2D eigenvalue weighted by molar-refractivity contribution is -0.380. The fourth-order valence-corrected chi connectivity index (χ4v) is 2.51. The number of nitro groups is 1. The number of carboxylic acid groups (broad SMARTS) is 1. The number of hydrogen-bond acceptors (Lipinski definition) is 6. The van der Waals surface area contributed by atoms with Gasteiger partial charge in [0.2, 0.25) is 11.7 Å². The van der Waals surface area contributed by atoms with E-state index in [2.05, 4.69) is 4.98 Å². The molecule has 0 amide bonds. The predicted octanol–water partition coefficient (Wildman–Crippen LogP) is 2.89. The molecule has 0 unspecified atom stereocenters. The number of thiophene rings is 1. The van der Waals surface area contributed by atoms with Crippen molar-refractivity contribution >= 4 is 22.3 Å². The van der Waals surface area contributed by atoms with Gasteiger partial charge in [0.25, 0.3) is 0 Å². The van der Waals surface area contributed by atoms with E-state index in [-0.39, 0.29) is 22.6 Å². The highest BCUT2D eigenvalue weighted by Crippen LogP contribution is 2.43. The van der Waals surface area contributed by atoms with Gasteiger partial charge in [0.1, 0.15) is 0 Å². The second-order valence-corrected chi connectivity index (χ2v) is 5.27. The fraction of sp³-hybridized carbons (Fsp3) is 0.273. The summed E-state index contributed by atoms with van der Waals surface area (Å²) in [4.78, 5) is 25.8. The van der Waals surface area contributed by atoms with Crippen LogP contribution in [0.5, 0.6) is 0 Å². The molecule has 0 aromatic carbocycles. The van der Waals surface area contributed by atoms with Gasteiger partial charge in [-0.15, -0.1) is 0 Å². The van der Waals surface area contributed by atoms with E-state index in [1.165, 1.54) is 12.1 Å². The third-order valence-electron chi connectivity index (χ3n) is 2.79. The van der Waals surface area contributed by atoms with Crippen molar-refractivity contribution in [3.05, 3.63) is 33.7 Å². The zero-order valence-corrected chi connectivity index (χ0v) is 10.3. The van der Waals surface area contributed by atoms with E-state index >= 15 is 0 Å². The summed E-state index contributed by atoms with van der Waals surface area (Å²) in [5, 5.41) is 19.6. The van der Waals surface area contributed by atoms with E-state index < -0.39 is 10.9 Å². The van der Waals surface area contributed by atoms with Gasteiger partial charge in [0.05, 0.1) is 15.5 Å². The Labute approximate surface area is 110 Å². The van der Waals surface area contributed by atoms with Crippen LogP contribution in [0.25, 0.3) is 10.8 Å². The third-order valence-corrected chi connectivity index (χ3v) is 3.82. The summed E-state index contributed by atoms with van der Waals surface area (Å²) in [5.74, 6) is -1.05. The molecule has 0 bridgehead atoms. The Morgan fingerprint density at radius 1 is 1.53 bits per heavy atom. The first-order chi connectivity index (χ1) is 9.06. The molecule has 0 spiro atoms. The number of carbonyl (C=O) groups is 1. The van der Waals surface area contributed by atoms with Gasteiger partial charge in [-0.05, 0) is 18.9 Å². The Hall–Kier alpha value is -2.22. The molecule has 19 heavy (non-hydrogen) atoms. The predicted molar refractivity (Wildman–Crippen MR) is 65.4 cm³/mol. The topological polar surface area (TPSA) is 106 Å². The summed E-state index contributed by atoms with van der Waals surface area (Å²) < 4.78 is 5.23. The van der Waals surface area contributed by atoms with Crippen LogP contribution in [0.15, 0.2) is 16.5 Å². The van der Waals surface area contributed by atoms with Gasteiger partial charge >= 0.3 is 11.0 Å². The van der Waals surface area contributed by atoms with Crippen LogP contribution in [0.4, 0.5) is 5.00 Å². The highest BCUT2D eigenvalue weighted by molar-refractivity contribution is 7.18. The van der Waals surface area contributed by atoms with E-state index in [1.54, 1.807) is 0 Å². The van der Waals surface area contributed by atoms with Crippen molar-refractivity contribution in [3.8, 4) is 10.8 Å². The maximum Gasteiger partial charge on any atom is 0.373 e. The second-order valence-electron chi connectivity index (χ2n) is 4.21. The van der Waals surface area contributed by atoms with Crippen molar-refractivity contribution < 1.29 is 19.2 Å². The number of aromatic nitrogens is 1. The van der Waals surface area contributed by atoms with Crippen LogP contribution in [-0.2, 0) is 0 Å². The van der Waals surface area contributed by atoms with Crippen LogP contribution in [-0.4, -0.2) is 21.0 Å². The Balaban J connectivity index is 2.02. The quantitative estimate of drug-likeness (QED) is 0.681. The van der Waals surface area contributed by atoms with Gasteiger partial charge in [-0.1, -0.05) is 11.3 Å². The van der Waals surface area contributed by atoms with Crippen LogP contribution in [0, 0.1) is 10.1 Å². The number of aromatic carboxylic acids is 1. The van der Waals surface area contributed by atoms with Crippen molar-refractivity contribution in [1.82, 2.24) is 4.98 Å². The average Bonchev–Trinajstić information content (AvgIpc) is 2.93.